The molecule has 0 unspecified atom stereocenters. The molecule has 2 N–H and O–H groups in total. The molecule has 7 nitrogen and oxygen atoms in total. The van der Waals surface area contributed by atoms with Gasteiger partial charge >= 0.3 is 5.97 Å². The number of pyridine rings is 1. The Labute approximate surface area is 124 Å². The van der Waals surface area contributed by atoms with Gasteiger partial charge in [0.25, 0.3) is 0 Å². The Balaban J connectivity index is 1.91. The van der Waals surface area contributed by atoms with Crippen molar-refractivity contribution < 1.29 is 9.53 Å². The number of rotatable bonds is 4. The number of nitrogens with zero attached hydrogens (tertiary/aromatic N) is 4. The molecule has 0 aliphatic carbocycles. The highest BCUT2D eigenvalue weighted by atomic mass is 16.5. The average Bonchev–Trinajstić information content (AvgIpc) is 2.42. The van der Waals surface area contributed by atoms with Crippen molar-refractivity contribution >= 4 is 17.7 Å². The van der Waals surface area contributed by atoms with Gasteiger partial charge in [-0.15, -0.1) is 0 Å². The van der Waals surface area contributed by atoms with Crippen molar-refractivity contribution in [2.45, 2.75) is 13.0 Å². The van der Waals surface area contributed by atoms with E-state index in [2.05, 4.69) is 14.9 Å². The minimum Gasteiger partial charge on any atom is -0.462 e. The number of ether oxygens (including phenoxy) is 1. The van der Waals surface area contributed by atoms with Crippen LogP contribution < -0.4 is 10.6 Å². The second-order valence-corrected chi connectivity index (χ2v) is 5.07. The van der Waals surface area contributed by atoms with Crippen LogP contribution >= 0.6 is 0 Å². The molecule has 0 bridgehead atoms. The summed E-state index contributed by atoms with van der Waals surface area (Å²) in [5.41, 5.74) is 6.25. The molecule has 0 amide bonds. The number of esters is 1. The van der Waals surface area contributed by atoms with Gasteiger partial charge in [-0.3, -0.25) is 0 Å². The Bertz CT molecular complexity index is 521. The zero-order valence-electron chi connectivity index (χ0n) is 12.6. The number of carbonyl (C=O) groups excluding carboxylic acids is 1. The molecule has 1 aromatic heterocycles. The molecule has 0 spiro atoms. The number of anilines is 1. The topological polar surface area (TPSA) is 84.0 Å². The molecule has 0 atom stereocenters. The highest BCUT2D eigenvalue weighted by molar-refractivity contribution is 5.89. The number of guanidine groups is 1. The fourth-order valence-electron chi connectivity index (χ4n) is 1.93. The van der Waals surface area contributed by atoms with Crippen molar-refractivity contribution in [3.8, 4) is 0 Å². The van der Waals surface area contributed by atoms with Crippen LogP contribution in [-0.4, -0.2) is 61.6 Å². The summed E-state index contributed by atoms with van der Waals surface area (Å²) in [6.45, 7) is 3.69. The molecular formula is C14H21N5O2. The molecule has 1 saturated heterocycles. The molecule has 2 heterocycles. The lowest BCUT2D eigenvalue weighted by Crippen LogP contribution is -2.51. The summed E-state index contributed by atoms with van der Waals surface area (Å²) in [6.07, 6.45) is 1.54. The van der Waals surface area contributed by atoms with Crippen molar-refractivity contribution in [1.82, 2.24) is 9.88 Å². The first kappa shape index (κ1) is 15.1. The summed E-state index contributed by atoms with van der Waals surface area (Å²) in [4.78, 5) is 24.1. The van der Waals surface area contributed by atoms with Gasteiger partial charge in [0, 0.05) is 33.4 Å². The van der Waals surface area contributed by atoms with Gasteiger partial charge in [0.05, 0.1) is 18.2 Å². The van der Waals surface area contributed by atoms with E-state index in [0.29, 0.717) is 18.1 Å². The Kier molecular flexibility index (Phi) is 4.62. The maximum Gasteiger partial charge on any atom is 0.339 e. The van der Waals surface area contributed by atoms with Gasteiger partial charge in [0.15, 0.2) is 5.96 Å². The maximum absolute atomic E-state index is 11.5. The summed E-state index contributed by atoms with van der Waals surface area (Å²) in [6, 6.07) is 3.74. The zero-order chi connectivity index (χ0) is 15.4. The van der Waals surface area contributed by atoms with E-state index >= 15 is 0 Å². The molecule has 1 fully saturated rings. The molecule has 114 valence electrons. The van der Waals surface area contributed by atoms with Crippen LogP contribution in [0, 0.1) is 0 Å². The third-order valence-electron chi connectivity index (χ3n) is 3.22. The zero-order valence-corrected chi connectivity index (χ0v) is 12.6. The molecule has 21 heavy (non-hydrogen) atoms. The Hall–Kier alpha value is -2.31. The molecule has 1 aliphatic heterocycles. The van der Waals surface area contributed by atoms with Crippen molar-refractivity contribution in [2.24, 2.45) is 10.7 Å². The lowest BCUT2D eigenvalue weighted by atomic mass is 10.1. The number of hydrogen-bond donors (Lipinski definition) is 1. The van der Waals surface area contributed by atoms with Crippen LogP contribution in [0.3, 0.4) is 0 Å². The number of aromatic nitrogens is 1. The lowest BCUT2D eigenvalue weighted by molar-refractivity contribution is 0.0526. The molecule has 7 heteroatoms. The second-order valence-electron chi connectivity index (χ2n) is 5.07. The van der Waals surface area contributed by atoms with Gasteiger partial charge in [-0.05, 0) is 19.1 Å². The van der Waals surface area contributed by atoms with E-state index in [1.807, 2.05) is 20.2 Å². The Morgan fingerprint density at radius 3 is 2.76 bits per heavy atom. The predicted octanol–water partition coefficient (Wildman–Crippen LogP) is 0.323. The monoisotopic (exact) mass is 291 g/mol. The van der Waals surface area contributed by atoms with E-state index in [4.69, 9.17) is 10.5 Å². The highest BCUT2D eigenvalue weighted by Gasteiger charge is 2.27. The van der Waals surface area contributed by atoms with E-state index < -0.39 is 0 Å². The van der Waals surface area contributed by atoms with Crippen molar-refractivity contribution in [2.75, 3.05) is 38.7 Å². The molecular weight excluding hydrogens is 270 g/mol. The van der Waals surface area contributed by atoms with Crippen LogP contribution in [0.4, 0.5) is 5.82 Å². The predicted molar refractivity (Wildman–Crippen MR) is 81.5 cm³/mol. The van der Waals surface area contributed by atoms with Gasteiger partial charge in [-0.2, -0.15) is 0 Å². The third kappa shape index (κ3) is 3.62. The normalized spacial score (nSPS) is 15.6. The second kappa shape index (κ2) is 6.43. The van der Waals surface area contributed by atoms with Crippen LogP contribution in [0.1, 0.15) is 17.3 Å². The molecule has 0 aromatic carbocycles. The van der Waals surface area contributed by atoms with Crippen LogP contribution in [0.5, 0.6) is 0 Å². The quantitative estimate of drug-likeness (QED) is 0.489. The van der Waals surface area contributed by atoms with E-state index in [1.54, 1.807) is 17.9 Å². The first-order valence-corrected chi connectivity index (χ1v) is 6.90. The van der Waals surface area contributed by atoms with Crippen LogP contribution in [0.25, 0.3) is 0 Å². The summed E-state index contributed by atoms with van der Waals surface area (Å²) >= 11 is 0. The number of carbonyl (C=O) groups is 1. The van der Waals surface area contributed by atoms with Gasteiger partial charge in [0.1, 0.15) is 5.82 Å². The molecule has 2 rings (SSSR count). The van der Waals surface area contributed by atoms with Gasteiger partial charge < -0.3 is 20.3 Å². The third-order valence-corrected chi connectivity index (χ3v) is 3.22. The van der Waals surface area contributed by atoms with Crippen LogP contribution in [0.15, 0.2) is 23.3 Å². The van der Waals surface area contributed by atoms with Crippen LogP contribution in [0.2, 0.25) is 0 Å². The van der Waals surface area contributed by atoms with E-state index in [-0.39, 0.29) is 12.0 Å². The van der Waals surface area contributed by atoms with Crippen LogP contribution in [-0.2, 0) is 4.74 Å². The average molecular weight is 291 g/mol. The summed E-state index contributed by atoms with van der Waals surface area (Å²) in [5, 5.41) is 0. The van der Waals surface area contributed by atoms with Crippen molar-refractivity contribution in [3.05, 3.63) is 23.9 Å². The minimum absolute atomic E-state index is 0.193. The van der Waals surface area contributed by atoms with Crippen molar-refractivity contribution in [3.63, 3.8) is 0 Å². The van der Waals surface area contributed by atoms with Gasteiger partial charge in [-0.25, -0.2) is 14.8 Å². The first-order chi connectivity index (χ1) is 10.0. The number of nitrogens with two attached hydrogens (primary N) is 1. The summed E-state index contributed by atoms with van der Waals surface area (Å²) in [5.74, 6) is 1.02. The Morgan fingerprint density at radius 1 is 1.52 bits per heavy atom. The van der Waals surface area contributed by atoms with E-state index in [0.717, 1.165) is 18.9 Å². The molecule has 1 aliphatic rings. The van der Waals surface area contributed by atoms with E-state index in [9.17, 15) is 4.79 Å². The number of hydrogen-bond acceptors (Lipinski definition) is 5. The maximum atomic E-state index is 11.5. The lowest BCUT2D eigenvalue weighted by Gasteiger charge is -2.38. The van der Waals surface area contributed by atoms with Gasteiger partial charge in [-0.1, -0.05) is 0 Å². The first-order valence-electron chi connectivity index (χ1n) is 6.90. The fraction of sp³-hybridized carbons (Fsp3) is 0.500. The largest absolute Gasteiger partial charge is 0.462 e. The molecule has 0 saturated carbocycles. The highest BCUT2D eigenvalue weighted by Crippen LogP contribution is 2.20. The molecule has 1 aromatic rings. The van der Waals surface area contributed by atoms with Gasteiger partial charge in [0.2, 0.25) is 0 Å². The molecule has 0 radical (unpaired) electrons. The standard InChI is InChI=1S/C14H21N5O2/c1-4-21-13(20)10-5-6-12(16-7-10)19-8-11(9-19)17-14(15)18(2)3/h5-7,11H,4,8-9H2,1-3H3,(H2,15,17). The summed E-state index contributed by atoms with van der Waals surface area (Å²) in [7, 11) is 3.73. The van der Waals surface area contributed by atoms with Crippen molar-refractivity contribution in [1.29, 1.82) is 0 Å². The fourth-order valence-corrected chi connectivity index (χ4v) is 1.93. The smallest absolute Gasteiger partial charge is 0.339 e. The minimum atomic E-state index is -0.346. The van der Waals surface area contributed by atoms with E-state index in [1.165, 1.54) is 6.20 Å². The number of aliphatic imine (C=N–C) groups is 1. The Morgan fingerprint density at radius 2 is 2.24 bits per heavy atom. The SMILES string of the molecule is CCOC(=O)c1ccc(N2CC(N=C(N)N(C)C)C2)nc1. The summed E-state index contributed by atoms with van der Waals surface area (Å²) < 4.78 is 4.92.